The lowest BCUT2D eigenvalue weighted by molar-refractivity contribution is 0.0555. The van der Waals surface area contributed by atoms with Gasteiger partial charge in [-0.1, -0.05) is 11.6 Å². The van der Waals surface area contributed by atoms with Crippen LogP contribution in [0.3, 0.4) is 0 Å². The predicted octanol–water partition coefficient (Wildman–Crippen LogP) is 3.03. The third-order valence-corrected chi connectivity index (χ3v) is 6.69. The van der Waals surface area contributed by atoms with E-state index in [0.717, 1.165) is 22.0 Å². The second-order valence-electron chi connectivity index (χ2n) is 10.4. The molecule has 1 amide bonds. The highest BCUT2D eigenvalue weighted by Gasteiger charge is 2.36. The monoisotopic (exact) mass is 489 g/mol. The summed E-state index contributed by atoms with van der Waals surface area (Å²) in [6, 6.07) is 9.00. The molecule has 0 spiro atoms. The van der Waals surface area contributed by atoms with Crippen molar-refractivity contribution in [3.05, 3.63) is 75.2 Å². The summed E-state index contributed by atoms with van der Waals surface area (Å²) in [6.45, 7) is 12.2. The number of aromatic nitrogens is 5. The fourth-order valence-corrected chi connectivity index (χ4v) is 4.99. The van der Waals surface area contributed by atoms with E-state index >= 15 is 0 Å². The molecule has 3 aromatic heterocycles. The van der Waals surface area contributed by atoms with Crippen LogP contribution in [0, 0.1) is 13.8 Å². The molecule has 1 atom stereocenters. The van der Waals surface area contributed by atoms with Gasteiger partial charge in [-0.05, 0) is 80.3 Å². The Hall–Kier alpha value is -3.79. The largest absolute Gasteiger partial charge is 0.459 e. The molecule has 5 rings (SSSR count). The number of aromatic amines is 1. The van der Waals surface area contributed by atoms with Crippen molar-refractivity contribution in [2.75, 3.05) is 26.2 Å². The maximum atomic E-state index is 13.5. The topological polar surface area (TPSA) is 113 Å². The Balaban J connectivity index is 1.56. The molecule has 4 heterocycles. The molecule has 1 aliphatic heterocycles. The van der Waals surface area contributed by atoms with E-state index in [-0.39, 0.29) is 17.0 Å². The van der Waals surface area contributed by atoms with Crippen LogP contribution in [0.5, 0.6) is 0 Å². The fraction of sp³-hybridized carbons (Fsp3) is 0.423. The minimum absolute atomic E-state index is 0.134. The van der Waals surface area contributed by atoms with Gasteiger partial charge in [0.2, 0.25) is 0 Å². The van der Waals surface area contributed by atoms with Crippen LogP contribution in [0.4, 0.5) is 0 Å². The van der Waals surface area contributed by atoms with Crippen LogP contribution in [-0.2, 0) is 5.54 Å². The molecule has 0 bridgehead atoms. The summed E-state index contributed by atoms with van der Waals surface area (Å²) in [5.74, 6) is 0.793. The van der Waals surface area contributed by atoms with Gasteiger partial charge in [0, 0.05) is 31.7 Å². The SMILES string of the molecule is Cc1cc(C)c2[nH]c(=O)c([C@H](c3nnnn3C(C)(C)C)N3CCN(C(=O)c4ccco4)CC3)cc2c1. The lowest BCUT2D eigenvalue weighted by Gasteiger charge is -2.39. The molecule has 1 N–H and O–H groups in total. The van der Waals surface area contributed by atoms with Crippen LogP contribution in [0.25, 0.3) is 10.9 Å². The van der Waals surface area contributed by atoms with Crippen molar-refractivity contribution in [3.63, 3.8) is 0 Å². The van der Waals surface area contributed by atoms with Crippen LogP contribution in [0.1, 0.15) is 59.9 Å². The average molecular weight is 490 g/mol. The number of rotatable bonds is 4. The van der Waals surface area contributed by atoms with E-state index < -0.39 is 6.04 Å². The maximum absolute atomic E-state index is 13.5. The number of benzene rings is 1. The van der Waals surface area contributed by atoms with Crippen molar-refractivity contribution in [3.8, 4) is 0 Å². The summed E-state index contributed by atoms with van der Waals surface area (Å²) >= 11 is 0. The van der Waals surface area contributed by atoms with Crippen molar-refractivity contribution in [1.82, 2.24) is 35.0 Å². The molecule has 10 nitrogen and oxygen atoms in total. The van der Waals surface area contributed by atoms with E-state index in [1.54, 1.807) is 21.7 Å². The first-order chi connectivity index (χ1) is 17.1. The highest BCUT2D eigenvalue weighted by atomic mass is 16.3. The number of fused-ring (bicyclic) bond motifs is 1. The Morgan fingerprint density at radius 1 is 1.11 bits per heavy atom. The Morgan fingerprint density at radius 3 is 2.53 bits per heavy atom. The smallest absolute Gasteiger partial charge is 0.289 e. The Kier molecular flexibility index (Phi) is 5.99. The van der Waals surface area contributed by atoms with Crippen LogP contribution in [0.15, 0.2) is 45.8 Å². The summed E-state index contributed by atoms with van der Waals surface area (Å²) in [4.78, 5) is 33.4. The zero-order chi connectivity index (χ0) is 25.6. The number of hydrogen-bond acceptors (Lipinski definition) is 7. The summed E-state index contributed by atoms with van der Waals surface area (Å²) in [5, 5.41) is 13.6. The number of aryl methyl sites for hydroxylation is 2. The van der Waals surface area contributed by atoms with Gasteiger partial charge in [0.15, 0.2) is 11.6 Å². The van der Waals surface area contributed by atoms with E-state index in [0.29, 0.717) is 43.3 Å². The van der Waals surface area contributed by atoms with E-state index in [2.05, 4.69) is 37.5 Å². The minimum Gasteiger partial charge on any atom is -0.459 e. The zero-order valence-electron chi connectivity index (χ0n) is 21.3. The van der Waals surface area contributed by atoms with Crippen LogP contribution >= 0.6 is 0 Å². The van der Waals surface area contributed by atoms with E-state index in [4.69, 9.17) is 4.42 Å². The fourth-order valence-electron chi connectivity index (χ4n) is 4.99. The van der Waals surface area contributed by atoms with Gasteiger partial charge in [0.25, 0.3) is 11.5 Å². The van der Waals surface area contributed by atoms with Gasteiger partial charge in [-0.3, -0.25) is 14.5 Å². The average Bonchev–Trinajstić information content (AvgIpc) is 3.53. The molecule has 0 saturated carbocycles. The van der Waals surface area contributed by atoms with Gasteiger partial charge in [-0.25, -0.2) is 4.68 Å². The molecule has 36 heavy (non-hydrogen) atoms. The van der Waals surface area contributed by atoms with Gasteiger partial charge < -0.3 is 14.3 Å². The molecule has 0 unspecified atom stereocenters. The second-order valence-corrected chi connectivity index (χ2v) is 10.4. The molecule has 4 aromatic rings. The van der Waals surface area contributed by atoms with Crippen molar-refractivity contribution in [2.45, 2.75) is 46.2 Å². The number of nitrogens with zero attached hydrogens (tertiary/aromatic N) is 6. The molecule has 1 fully saturated rings. The quantitative estimate of drug-likeness (QED) is 0.469. The molecule has 10 heteroatoms. The molecular weight excluding hydrogens is 458 g/mol. The minimum atomic E-state index is -0.478. The number of tetrazole rings is 1. The first kappa shape index (κ1) is 23.9. The first-order valence-electron chi connectivity index (χ1n) is 12.1. The maximum Gasteiger partial charge on any atom is 0.289 e. The Labute approximate surface area is 208 Å². The number of H-pyrrole nitrogens is 1. The van der Waals surface area contributed by atoms with Crippen molar-refractivity contribution < 1.29 is 9.21 Å². The number of piperazine rings is 1. The van der Waals surface area contributed by atoms with Gasteiger partial charge in [0.1, 0.15) is 6.04 Å². The molecule has 0 radical (unpaired) electrons. The number of carbonyl (C=O) groups is 1. The van der Waals surface area contributed by atoms with E-state index in [9.17, 15) is 9.59 Å². The number of furan rings is 1. The van der Waals surface area contributed by atoms with Crippen molar-refractivity contribution >= 4 is 16.8 Å². The van der Waals surface area contributed by atoms with Gasteiger partial charge in [0.05, 0.1) is 17.3 Å². The Morgan fingerprint density at radius 2 is 1.86 bits per heavy atom. The number of carbonyl (C=O) groups excluding carboxylic acids is 1. The van der Waals surface area contributed by atoms with Gasteiger partial charge in [-0.15, -0.1) is 5.10 Å². The predicted molar refractivity (Wildman–Crippen MR) is 135 cm³/mol. The third-order valence-electron chi connectivity index (χ3n) is 6.69. The lowest BCUT2D eigenvalue weighted by atomic mass is 9.99. The van der Waals surface area contributed by atoms with Crippen LogP contribution in [-0.4, -0.2) is 67.1 Å². The molecule has 188 valence electrons. The van der Waals surface area contributed by atoms with Gasteiger partial charge >= 0.3 is 0 Å². The van der Waals surface area contributed by atoms with Gasteiger partial charge in [-0.2, -0.15) is 0 Å². The number of nitrogens with one attached hydrogen (secondary N) is 1. The third kappa shape index (κ3) is 4.32. The number of amides is 1. The van der Waals surface area contributed by atoms with Crippen molar-refractivity contribution in [2.24, 2.45) is 0 Å². The van der Waals surface area contributed by atoms with Crippen LogP contribution < -0.4 is 5.56 Å². The first-order valence-corrected chi connectivity index (χ1v) is 12.1. The standard InChI is InChI=1S/C26H31N7O3/c1-16-13-17(2)21-18(14-16)15-19(24(34)27-21)22(23-28-29-30-33(23)26(3,4)5)31-8-10-32(11-9-31)25(35)20-7-6-12-36-20/h6-7,12-15,22H,8-11H2,1-5H3,(H,27,34)/t22-/m1/s1. The molecule has 1 aliphatic rings. The van der Waals surface area contributed by atoms with Crippen molar-refractivity contribution in [1.29, 1.82) is 0 Å². The van der Waals surface area contributed by atoms with Crippen LogP contribution in [0.2, 0.25) is 0 Å². The molecule has 1 aromatic carbocycles. The number of hydrogen-bond donors (Lipinski definition) is 1. The molecule has 0 aliphatic carbocycles. The molecule has 1 saturated heterocycles. The highest BCUT2D eigenvalue weighted by molar-refractivity contribution is 5.91. The summed E-state index contributed by atoms with van der Waals surface area (Å²) in [5.41, 5.74) is 3.01. The Bertz CT molecular complexity index is 1460. The summed E-state index contributed by atoms with van der Waals surface area (Å²) in [6.07, 6.45) is 1.50. The summed E-state index contributed by atoms with van der Waals surface area (Å²) < 4.78 is 7.08. The molecular formula is C26H31N7O3. The summed E-state index contributed by atoms with van der Waals surface area (Å²) in [7, 11) is 0. The number of pyridine rings is 1. The van der Waals surface area contributed by atoms with E-state index in [1.165, 1.54) is 6.26 Å². The highest BCUT2D eigenvalue weighted by Crippen LogP contribution is 2.31. The normalized spacial score (nSPS) is 16.0. The lowest BCUT2D eigenvalue weighted by Crippen LogP contribution is -2.51. The second kappa shape index (κ2) is 9.02. The zero-order valence-corrected chi connectivity index (χ0v) is 21.3. The van der Waals surface area contributed by atoms with E-state index in [1.807, 2.05) is 40.7 Å².